The van der Waals surface area contributed by atoms with E-state index >= 15 is 0 Å². The molecule has 0 aromatic heterocycles. The standard InChI is InChI=1S/C29H39N3O4/c1-20(22-10-12-23(13-11-22)27(30)31)18-29(35-25-9-7-8-24(34-6)21(25)2)14-16-32(17-15-29)19-26(33)36-28(3,4)5/h7-13,18H,14-17,19H2,1-6H3,(H3,30,31)/b20-18+. The van der Waals surface area contributed by atoms with E-state index in [1.54, 1.807) is 7.11 Å². The molecular weight excluding hydrogens is 454 g/mol. The Balaban J connectivity index is 1.86. The minimum absolute atomic E-state index is 0.0499. The molecule has 3 N–H and O–H groups in total. The summed E-state index contributed by atoms with van der Waals surface area (Å²) in [5, 5.41) is 7.64. The fraction of sp³-hybridized carbons (Fsp3) is 0.448. The average Bonchev–Trinajstić information content (AvgIpc) is 2.81. The molecule has 0 atom stereocenters. The van der Waals surface area contributed by atoms with Gasteiger partial charge in [-0.25, -0.2) is 0 Å². The Morgan fingerprint density at radius 2 is 1.67 bits per heavy atom. The number of hydrogen-bond acceptors (Lipinski definition) is 6. The number of benzene rings is 2. The van der Waals surface area contributed by atoms with Crippen LogP contribution in [0.2, 0.25) is 0 Å². The van der Waals surface area contributed by atoms with Gasteiger partial charge in [0, 0.05) is 37.1 Å². The van der Waals surface area contributed by atoms with E-state index in [2.05, 4.69) is 17.9 Å². The van der Waals surface area contributed by atoms with E-state index < -0.39 is 11.2 Å². The highest BCUT2D eigenvalue weighted by atomic mass is 16.6. The number of nitrogen functional groups attached to an aromatic ring is 1. The zero-order chi connectivity index (χ0) is 26.5. The van der Waals surface area contributed by atoms with Gasteiger partial charge in [0.15, 0.2) is 0 Å². The lowest BCUT2D eigenvalue weighted by molar-refractivity contribution is -0.156. The lowest BCUT2D eigenvalue weighted by Crippen LogP contribution is -2.49. The minimum Gasteiger partial charge on any atom is -0.496 e. The molecule has 0 amide bonds. The molecule has 1 fully saturated rings. The molecule has 0 saturated carbocycles. The molecule has 7 nitrogen and oxygen atoms in total. The van der Waals surface area contributed by atoms with Crippen molar-refractivity contribution >= 4 is 17.4 Å². The first kappa shape index (κ1) is 27.3. The van der Waals surface area contributed by atoms with Crippen molar-refractivity contribution < 1.29 is 19.0 Å². The van der Waals surface area contributed by atoms with Gasteiger partial charge in [0.05, 0.1) is 13.7 Å². The molecule has 194 valence electrons. The van der Waals surface area contributed by atoms with Crippen molar-refractivity contribution in [3.05, 3.63) is 65.2 Å². The minimum atomic E-state index is -0.551. The Kier molecular flexibility index (Phi) is 8.46. The fourth-order valence-corrected chi connectivity index (χ4v) is 4.46. The fourth-order valence-electron chi connectivity index (χ4n) is 4.46. The summed E-state index contributed by atoms with van der Waals surface area (Å²) in [7, 11) is 1.66. The van der Waals surface area contributed by atoms with Crippen molar-refractivity contribution in [2.75, 3.05) is 26.7 Å². The Hall–Kier alpha value is -3.32. The monoisotopic (exact) mass is 493 g/mol. The number of methoxy groups -OCH3 is 1. The zero-order valence-electron chi connectivity index (χ0n) is 22.3. The third-order valence-corrected chi connectivity index (χ3v) is 6.37. The molecule has 1 aliphatic heterocycles. The number of rotatable bonds is 8. The van der Waals surface area contributed by atoms with Gasteiger partial charge in [-0.1, -0.05) is 30.3 Å². The summed E-state index contributed by atoms with van der Waals surface area (Å²) >= 11 is 0. The van der Waals surface area contributed by atoms with Crippen LogP contribution in [0.15, 0.2) is 48.5 Å². The van der Waals surface area contributed by atoms with E-state index in [9.17, 15) is 4.79 Å². The third kappa shape index (κ3) is 7.10. The van der Waals surface area contributed by atoms with Crippen LogP contribution in [0.5, 0.6) is 11.5 Å². The first-order chi connectivity index (χ1) is 16.9. The molecule has 1 heterocycles. The van der Waals surface area contributed by atoms with Crippen molar-refractivity contribution in [1.82, 2.24) is 4.90 Å². The summed E-state index contributed by atoms with van der Waals surface area (Å²) in [6.07, 6.45) is 3.63. The highest BCUT2D eigenvalue weighted by Gasteiger charge is 2.36. The largest absolute Gasteiger partial charge is 0.496 e. The Bertz CT molecular complexity index is 1110. The highest BCUT2D eigenvalue weighted by Crippen LogP contribution is 2.36. The van der Waals surface area contributed by atoms with Crippen molar-refractivity contribution in [2.24, 2.45) is 5.73 Å². The van der Waals surface area contributed by atoms with Crippen LogP contribution in [0.3, 0.4) is 0 Å². The van der Waals surface area contributed by atoms with Crippen molar-refractivity contribution in [3.63, 3.8) is 0 Å². The molecule has 0 bridgehead atoms. The molecule has 0 radical (unpaired) electrons. The molecule has 0 aliphatic carbocycles. The van der Waals surface area contributed by atoms with Gasteiger partial charge in [-0.3, -0.25) is 15.1 Å². The van der Waals surface area contributed by atoms with Crippen LogP contribution in [0, 0.1) is 12.3 Å². The molecule has 1 saturated heterocycles. The van der Waals surface area contributed by atoms with E-state index in [1.807, 2.05) is 70.2 Å². The summed E-state index contributed by atoms with van der Waals surface area (Å²) in [5.74, 6) is 1.40. The molecule has 2 aromatic rings. The Labute approximate surface area is 214 Å². The number of piperidine rings is 1. The SMILES string of the molecule is COc1cccc(OC2(/C=C(\C)c3ccc(C(=N)N)cc3)CCN(CC(=O)OC(C)(C)C)CC2)c1C. The van der Waals surface area contributed by atoms with Gasteiger partial charge in [-0.15, -0.1) is 0 Å². The number of carbonyl (C=O) groups is 1. The van der Waals surface area contributed by atoms with Gasteiger partial charge < -0.3 is 19.9 Å². The van der Waals surface area contributed by atoms with Gasteiger partial charge in [-0.2, -0.15) is 0 Å². The molecule has 36 heavy (non-hydrogen) atoms. The summed E-state index contributed by atoms with van der Waals surface area (Å²) < 4.78 is 17.8. The van der Waals surface area contributed by atoms with Crippen LogP contribution < -0.4 is 15.2 Å². The molecule has 1 aliphatic rings. The smallest absolute Gasteiger partial charge is 0.320 e. The summed E-state index contributed by atoms with van der Waals surface area (Å²) in [5.41, 5.74) is 8.33. The number of amidine groups is 1. The van der Waals surface area contributed by atoms with Crippen LogP contribution >= 0.6 is 0 Å². The van der Waals surface area contributed by atoms with Crippen molar-refractivity contribution in [3.8, 4) is 11.5 Å². The van der Waals surface area contributed by atoms with Gasteiger partial charge >= 0.3 is 5.97 Å². The first-order valence-corrected chi connectivity index (χ1v) is 12.3. The van der Waals surface area contributed by atoms with E-state index in [0.717, 1.165) is 41.0 Å². The van der Waals surface area contributed by atoms with Gasteiger partial charge in [0.1, 0.15) is 28.5 Å². The van der Waals surface area contributed by atoms with E-state index in [4.69, 9.17) is 25.4 Å². The molecule has 7 heteroatoms. The van der Waals surface area contributed by atoms with Crippen LogP contribution in [0.1, 0.15) is 57.2 Å². The normalized spacial score (nSPS) is 16.3. The summed E-state index contributed by atoms with van der Waals surface area (Å²) in [6, 6.07) is 13.5. The third-order valence-electron chi connectivity index (χ3n) is 6.37. The van der Waals surface area contributed by atoms with Gasteiger partial charge in [-0.05, 0) is 64.0 Å². The number of hydrogen-bond donors (Lipinski definition) is 2. The second kappa shape index (κ2) is 11.2. The number of nitrogens with one attached hydrogen (secondary N) is 1. The maximum Gasteiger partial charge on any atom is 0.320 e. The molecule has 2 aromatic carbocycles. The van der Waals surface area contributed by atoms with Crippen LogP contribution in [-0.2, 0) is 9.53 Å². The number of nitrogens with zero attached hydrogens (tertiary/aromatic N) is 1. The van der Waals surface area contributed by atoms with Crippen LogP contribution in [0.25, 0.3) is 5.57 Å². The second-order valence-corrected chi connectivity index (χ2v) is 10.4. The van der Waals surface area contributed by atoms with Gasteiger partial charge in [0.25, 0.3) is 0 Å². The number of esters is 1. The highest BCUT2D eigenvalue weighted by molar-refractivity contribution is 5.95. The Morgan fingerprint density at radius 1 is 1.08 bits per heavy atom. The number of likely N-dealkylation sites (tertiary alicyclic amines) is 1. The lowest BCUT2D eigenvalue weighted by Gasteiger charge is -2.41. The van der Waals surface area contributed by atoms with Crippen LogP contribution in [0.4, 0.5) is 0 Å². The maximum absolute atomic E-state index is 12.4. The topological polar surface area (TPSA) is 97.9 Å². The van der Waals surface area contributed by atoms with E-state index in [1.165, 1.54) is 0 Å². The van der Waals surface area contributed by atoms with E-state index in [0.29, 0.717) is 18.7 Å². The van der Waals surface area contributed by atoms with E-state index in [-0.39, 0.29) is 18.3 Å². The second-order valence-electron chi connectivity index (χ2n) is 10.4. The lowest BCUT2D eigenvalue weighted by atomic mass is 9.87. The summed E-state index contributed by atoms with van der Waals surface area (Å²) in [4.78, 5) is 14.5. The predicted octanol–water partition coefficient (Wildman–Crippen LogP) is 4.95. The number of ether oxygens (including phenoxy) is 3. The molecular formula is C29H39N3O4. The molecule has 0 unspecified atom stereocenters. The quantitative estimate of drug-likeness (QED) is 0.307. The maximum atomic E-state index is 12.4. The molecule has 3 rings (SSSR count). The zero-order valence-corrected chi connectivity index (χ0v) is 22.3. The predicted molar refractivity (Wildman–Crippen MR) is 144 cm³/mol. The number of nitrogens with two attached hydrogens (primary N) is 1. The molecule has 0 spiro atoms. The number of carbonyl (C=O) groups excluding carboxylic acids is 1. The van der Waals surface area contributed by atoms with Gasteiger partial charge in [0.2, 0.25) is 0 Å². The average molecular weight is 494 g/mol. The van der Waals surface area contributed by atoms with Crippen LogP contribution in [-0.4, -0.2) is 54.7 Å². The van der Waals surface area contributed by atoms with Crippen molar-refractivity contribution in [2.45, 2.75) is 58.7 Å². The van der Waals surface area contributed by atoms with Crippen molar-refractivity contribution in [1.29, 1.82) is 5.41 Å². The first-order valence-electron chi connectivity index (χ1n) is 12.3. The summed E-state index contributed by atoms with van der Waals surface area (Å²) in [6.45, 7) is 11.4. The number of allylic oxidation sites excluding steroid dienone is 1. The Morgan fingerprint density at radius 3 is 2.22 bits per heavy atom.